The van der Waals surface area contributed by atoms with Crippen LogP contribution in [0.3, 0.4) is 0 Å². The molecule has 0 amide bonds. The second-order valence-corrected chi connectivity index (χ2v) is 6.94. The van der Waals surface area contributed by atoms with Crippen molar-refractivity contribution in [3.63, 3.8) is 0 Å². The quantitative estimate of drug-likeness (QED) is 0.861. The van der Waals surface area contributed by atoms with E-state index in [1.807, 2.05) is 0 Å². The molecule has 0 aliphatic carbocycles. The molecule has 1 saturated heterocycles. The Morgan fingerprint density at radius 3 is 2.79 bits per heavy atom. The summed E-state index contributed by atoms with van der Waals surface area (Å²) in [6.45, 7) is 5.33. The molecule has 6 nitrogen and oxygen atoms in total. The Morgan fingerprint density at radius 2 is 2.21 bits per heavy atom. The van der Waals surface area contributed by atoms with E-state index in [1.165, 1.54) is 6.07 Å². The van der Waals surface area contributed by atoms with Crippen LogP contribution in [0.25, 0.3) is 0 Å². The monoisotopic (exact) mass is 288 g/mol. The molecule has 0 bridgehead atoms. The van der Waals surface area contributed by atoms with Gasteiger partial charge in [0, 0.05) is 12.6 Å². The van der Waals surface area contributed by atoms with Crippen LogP contribution in [0.5, 0.6) is 0 Å². The summed E-state index contributed by atoms with van der Waals surface area (Å²) in [7, 11) is -3.76. The van der Waals surface area contributed by atoms with E-state index in [2.05, 4.69) is 19.2 Å². The van der Waals surface area contributed by atoms with Gasteiger partial charge in [-0.25, -0.2) is 13.6 Å². The summed E-state index contributed by atoms with van der Waals surface area (Å²) in [5, 5.41) is 8.14. The topological polar surface area (TPSA) is 94.6 Å². The summed E-state index contributed by atoms with van der Waals surface area (Å²) in [6.07, 6.45) is 1.85. The number of rotatable bonds is 4. The number of nitrogens with two attached hydrogens (primary N) is 1. The van der Waals surface area contributed by atoms with Crippen molar-refractivity contribution in [1.82, 2.24) is 5.32 Å². The van der Waals surface area contributed by atoms with Crippen molar-refractivity contribution < 1.29 is 17.6 Å². The second-order valence-electron chi connectivity index (χ2n) is 5.44. The zero-order valence-corrected chi connectivity index (χ0v) is 12.0. The Hall–Kier alpha value is -0.890. The van der Waals surface area contributed by atoms with Gasteiger partial charge in [-0.1, -0.05) is 0 Å². The number of furan rings is 1. The predicted octanol–water partition coefficient (Wildman–Crippen LogP) is 0.974. The predicted molar refractivity (Wildman–Crippen MR) is 70.0 cm³/mol. The third kappa shape index (κ3) is 4.04. The standard InChI is InChI=1S/C12H20N2O4S/c1-12(2)7-9(5-6-17-12)14-8-10-3-4-11(18-10)19(13,15)16/h3-4,9,14H,5-8H2,1-2H3,(H2,13,15,16). The number of hydrogen-bond donors (Lipinski definition) is 2. The lowest BCUT2D eigenvalue weighted by Crippen LogP contribution is -2.43. The third-order valence-corrected chi connectivity index (χ3v) is 3.96. The number of nitrogens with one attached hydrogen (secondary N) is 1. The smallest absolute Gasteiger partial charge is 0.271 e. The first-order chi connectivity index (χ1) is 8.76. The summed E-state index contributed by atoms with van der Waals surface area (Å²) in [5.41, 5.74) is -0.120. The molecule has 1 atom stereocenters. The summed E-state index contributed by atoms with van der Waals surface area (Å²) >= 11 is 0. The van der Waals surface area contributed by atoms with Gasteiger partial charge in [0.15, 0.2) is 0 Å². The average Bonchev–Trinajstić information content (AvgIpc) is 2.73. The van der Waals surface area contributed by atoms with Gasteiger partial charge in [-0.15, -0.1) is 0 Å². The molecule has 0 spiro atoms. The molecule has 2 heterocycles. The Bertz CT molecular complexity index is 536. The van der Waals surface area contributed by atoms with Crippen LogP contribution in [0.15, 0.2) is 21.6 Å². The molecule has 3 N–H and O–H groups in total. The normalized spacial score (nSPS) is 23.4. The summed E-state index contributed by atoms with van der Waals surface area (Å²) < 4.78 is 33.0. The molecule has 0 radical (unpaired) electrons. The fraction of sp³-hybridized carbons (Fsp3) is 0.667. The second kappa shape index (κ2) is 5.24. The minimum Gasteiger partial charge on any atom is -0.447 e. The van der Waals surface area contributed by atoms with Gasteiger partial charge in [0.25, 0.3) is 10.0 Å². The van der Waals surface area contributed by atoms with Crippen LogP contribution in [-0.2, 0) is 21.3 Å². The van der Waals surface area contributed by atoms with E-state index >= 15 is 0 Å². The van der Waals surface area contributed by atoms with E-state index < -0.39 is 10.0 Å². The van der Waals surface area contributed by atoms with Crippen molar-refractivity contribution in [2.75, 3.05) is 6.61 Å². The van der Waals surface area contributed by atoms with Crippen molar-refractivity contribution in [2.24, 2.45) is 5.14 Å². The van der Waals surface area contributed by atoms with Crippen LogP contribution in [0.2, 0.25) is 0 Å². The summed E-state index contributed by atoms with van der Waals surface area (Å²) in [5.74, 6) is 0.563. The molecular weight excluding hydrogens is 268 g/mol. The van der Waals surface area contributed by atoms with Crippen LogP contribution < -0.4 is 10.5 Å². The molecule has 0 saturated carbocycles. The largest absolute Gasteiger partial charge is 0.447 e. The lowest BCUT2D eigenvalue weighted by molar-refractivity contribution is -0.0632. The van der Waals surface area contributed by atoms with Crippen LogP contribution in [0.1, 0.15) is 32.4 Å². The van der Waals surface area contributed by atoms with Gasteiger partial charge in [0.2, 0.25) is 5.09 Å². The van der Waals surface area contributed by atoms with E-state index in [-0.39, 0.29) is 10.7 Å². The van der Waals surface area contributed by atoms with E-state index in [4.69, 9.17) is 14.3 Å². The SMILES string of the molecule is CC1(C)CC(NCc2ccc(S(N)(=O)=O)o2)CCO1. The van der Waals surface area contributed by atoms with E-state index in [9.17, 15) is 8.42 Å². The average molecular weight is 288 g/mol. The minimum absolute atomic E-state index is 0.120. The number of primary sulfonamides is 1. The van der Waals surface area contributed by atoms with Gasteiger partial charge in [0.05, 0.1) is 12.1 Å². The Labute approximate surface area is 113 Å². The molecule has 108 valence electrons. The molecule has 1 unspecified atom stereocenters. The maximum atomic E-state index is 11.1. The Balaban J connectivity index is 1.91. The zero-order valence-electron chi connectivity index (χ0n) is 11.2. The summed E-state index contributed by atoms with van der Waals surface area (Å²) in [4.78, 5) is 0. The Morgan fingerprint density at radius 1 is 1.47 bits per heavy atom. The fourth-order valence-electron chi connectivity index (χ4n) is 2.26. The molecule has 1 aromatic rings. The Kier molecular flexibility index (Phi) is 4.00. The summed E-state index contributed by atoms with van der Waals surface area (Å²) in [6, 6.07) is 3.34. The maximum Gasteiger partial charge on any atom is 0.271 e. The van der Waals surface area contributed by atoms with Gasteiger partial charge >= 0.3 is 0 Å². The fourth-order valence-corrected chi connectivity index (χ4v) is 2.74. The van der Waals surface area contributed by atoms with Gasteiger partial charge in [-0.05, 0) is 38.8 Å². The molecule has 1 fully saturated rings. The van der Waals surface area contributed by atoms with Gasteiger partial charge < -0.3 is 14.5 Å². The lowest BCUT2D eigenvalue weighted by Gasteiger charge is -2.35. The number of hydrogen-bond acceptors (Lipinski definition) is 5. The third-order valence-electron chi connectivity index (χ3n) is 3.18. The first-order valence-electron chi connectivity index (χ1n) is 6.25. The van der Waals surface area contributed by atoms with Crippen molar-refractivity contribution in [1.29, 1.82) is 0 Å². The highest BCUT2D eigenvalue weighted by atomic mass is 32.2. The van der Waals surface area contributed by atoms with Crippen molar-refractivity contribution in [3.05, 3.63) is 17.9 Å². The molecule has 1 aliphatic rings. The number of ether oxygens (including phenoxy) is 1. The highest BCUT2D eigenvalue weighted by Crippen LogP contribution is 2.24. The van der Waals surface area contributed by atoms with Gasteiger partial charge in [-0.3, -0.25) is 0 Å². The van der Waals surface area contributed by atoms with Gasteiger partial charge in [-0.2, -0.15) is 0 Å². The van der Waals surface area contributed by atoms with Crippen molar-refractivity contribution >= 4 is 10.0 Å². The van der Waals surface area contributed by atoms with E-state index in [0.29, 0.717) is 18.3 Å². The molecule has 2 rings (SSSR count). The minimum atomic E-state index is -3.76. The lowest BCUT2D eigenvalue weighted by atomic mass is 9.94. The molecule has 0 aromatic carbocycles. The molecule has 1 aromatic heterocycles. The van der Waals surface area contributed by atoms with E-state index in [1.54, 1.807) is 6.07 Å². The zero-order chi connectivity index (χ0) is 14.1. The van der Waals surface area contributed by atoms with Gasteiger partial charge in [0.1, 0.15) is 5.76 Å². The highest BCUT2D eigenvalue weighted by molar-refractivity contribution is 7.89. The van der Waals surface area contributed by atoms with Crippen molar-refractivity contribution in [3.8, 4) is 0 Å². The highest BCUT2D eigenvalue weighted by Gasteiger charge is 2.28. The van der Waals surface area contributed by atoms with Crippen LogP contribution in [0, 0.1) is 0 Å². The first-order valence-corrected chi connectivity index (χ1v) is 7.80. The maximum absolute atomic E-state index is 11.1. The first kappa shape index (κ1) is 14.5. The van der Waals surface area contributed by atoms with Crippen LogP contribution >= 0.6 is 0 Å². The molecular formula is C12H20N2O4S. The van der Waals surface area contributed by atoms with Crippen molar-refractivity contribution in [2.45, 2.75) is 50.0 Å². The molecule has 7 heteroatoms. The van der Waals surface area contributed by atoms with E-state index in [0.717, 1.165) is 19.4 Å². The molecule has 1 aliphatic heterocycles. The number of sulfonamides is 1. The molecule has 19 heavy (non-hydrogen) atoms. The van der Waals surface area contributed by atoms with Crippen LogP contribution in [-0.4, -0.2) is 26.7 Å². The van der Waals surface area contributed by atoms with Crippen LogP contribution in [0.4, 0.5) is 0 Å².